The predicted molar refractivity (Wildman–Crippen MR) is 71.0 cm³/mol. The van der Waals surface area contributed by atoms with Gasteiger partial charge in [0, 0.05) is 0 Å². The van der Waals surface area contributed by atoms with Crippen molar-refractivity contribution in [2.24, 2.45) is 5.92 Å². The topological polar surface area (TPSA) is 50.4 Å². The van der Waals surface area contributed by atoms with E-state index in [-0.39, 0.29) is 18.1 Å². The number of benzene rings is 1. The maximum absolute atomic E-state index is 12.0. The molecule has 0 saturated heterocycles. The molecule has 1 heterocycles. The van der Waals surface area contributed by atoms with E-state index in [4.69, 9.17) is 4.74 Å². The fourth-order valence-corrected chi connectivity index (χ4v) is 2.33. The number of ether oxygens (including phenoxy) is 1. The van der Waals surface area contributed by atoms with Crippen molar-refractivity contribution in [3.05, 3.63) is 18.2 Å². The van der Waals surface area contributed by atoms with E-state index in [1.807, 2.05) is 32.0 Å². The molecule has 4 nitrogen and oxygen atoms in total. The van der Waals surface area contributed by atoms with Crippen LogP contribution in [0.2, 0.25) is 0 Å². The van der Waals surface area contributed by atoms with Gasteiger partial charge in [0.15, 0.2) is 0 Å². The van der Waals surface area contributed by atoms with Gasteiger partial charge in [0.05, 0.1) is 11.8 Å². The number of amides is 1. The van der Waals surface area contributed by atoms with Crippen LogP contribution in [0.15, 0.2) is 18.2 Å². The van der Waals surface area contributed by atoms with Crippen molar-refractivity contribution in [1.82, 2.24) is 0 Å². The summed E-state index contributed by atoms with van der Waals surface area (Å²) in [5.74, 6) is 1.29. The highest BCUT2D eigenvalue weighted by molar-refractivity contribution is 6.05. The van der Waals surface area contributed by atoms with Crippen LogP contribution in [0.5, 0.6) is 5.75 Å². The number of hydrogen-bond acceptors (Lipinski definition) is 3. The van der Waals surface area contributed by atoms with Crippen LogP contribution in [0.4, 0.5) is 11.4 Å². The minimum Gasteiger partial charge on any atom is -0.489 e. The van der Waals surface area contributed by atoms with Crippen molar-refractivity contribution >= 4 is 17.3 Å². The number of hydrogen-bond donors (Lipinski definition) is 2. The number of nitrogens with one attached hydrogen (secondary N) is 2. The van der Waals surface area contributed by atoms with Gasteiger partial charge in [-0.05, 0) is 44.7 Å². The summed E-state index contributed by atoms with van der Waals surface area (Å²) in [6.45, 7) is 3.95. The molecule has 18 heavy (non-hydrogen) atoms. The minimum absolute atomic E-state index is 0.0600. The molecule has 1 aromatic rings. The van der Waals surface area contributed by atoms with Gasteiger partial charge in [-0.3, -0.25) is 4.79 Å². The van der Waals surface area contributed by atoms with Gasteiger partial charge in [-0.1, -0.05) is 6.07 Å². The van der Waals surface area contributed by atoms with Crippen LogP contribution in [-0.2, 0) is 4.79 Å². The molecule has 1 saturated carbocycles. The van der Waals surface area contributed by atoms with Gasteiger partial charge in [-0.2, -0.15) is 0 Å². The Bertz CT molecular complexity index is 481. The predicted octanol–water partition coefficient (Wildman–Crippen LogP) is 2.62. The van der Waals surface area contributed by atoms with E-state index in [2.05, 4.69) is 10.6 Å². The first kappa shape index (κ1) is 11.4. The first-order chi connectivity index (χ1) is 8.65. The fourth-order valence-electron chi connectivity index (χ4n) is 2.33. The van der Waals surface area contributed by atoms with Crippen molar-refractivity contribution in [2.75, 3.05) is 10.6 Å². The molecule has 2 aliphatic rings. The number of carbonyl (C=O) groups excluding carboxylic acids is 1. The van der Waals surface area contributed by atoms with Gasteiger partial charge >= 0.3 is 0 Å². The maximum Gasteiger partial charge on any atom is 0.247 e. The van der Waals surface area contributed by atoms with E-state index < -0.39 is 0 Å². The average molecular weight is 246 g/mol. The van der Waals surface area contributed by atoms with E-state index in [0.29, 0.717) is 5.92 Å². The fraction of sp³-hybridized carbons (Fsp3) is 0.500. The van der Waals surface area contributed by atoms with Crippen molar-refractivity contribution in [2.45, 2.75) is 38.8 Å². The van der Waals surface area contributed by atoms with Crippen LogP contribution < -0.4 is 15.4 Å². The molecule has 1 amide bonds. The van der Waals surface area contributed by atoms with Crippen molar-refractivity contribution in [3.63, 3.8) is 0 Å². The van der Waals surface area contributed by atoms with Crippen LogP contribution in [0.25, 0.3) is 0 Å². The molecule has 1 atom stereocenters. The van der Waals surface area contributed by atoms with E-state index in [0.717, 1.165) is 30.0 Å². The molecule has 0 aromatic heterocycles. The molecule has 3 rings (SSSR count). The third-order valence-corrected chi connectivity index (χ3v) is 3.32. The zero-order chi connectivity index (χ0) is 12.7. The lowest BCUT2D eigenvalue weighted by Gasteiger charge is -2.28. The third kappa shape index (κ3) is 2.03. The Balaban J connectivity index is 1.90. The van der Waals surface area contributed by atoms with Gasteiger partial charge in [-0.25, -0.2) is 0 Å². The lowest BCUT2D eigenvalue weighted by molar-refractivity contribution is -0.117. The molecule has 1 unspecified atom stereocenters. The van der Waals surface area contributed by atoms with Crippen LogP contribution >= 0.6 is 0 Å². The number of para-hydroxylation sites is 1. The number of rotatable bonds is 3. The monoisotopic (exact) mass is 246 g/mol. The molecule has 4 heteroatoms. The summed E-state index contributed by atoms with van der Waals surface area (Å²) in [7, 11) is 0. The summed E-state index contributed by atoms with van der Waals surface area (Å²) in [4.78, 5) is 12.0. The normalized spacial score (nSPS) is 22.2. The molecular weight excluding hydrogens is 228 g/mol. The number of anilines is 2. The average Bonchev–Trinajstić information content (AvgIpc) is 3.12. The summed E-state index contributed by atoms with van der Waals surface area (Å²) in [6, 6.07) is 5.74. The molecular formula is C14H18N2O2. The SMILES string of the molecule is CC(C)Oc1cccc2c1NC(=O)C(C1CC1)N2. The summed E-state index contributed by atoms with van der Waals surface area (Å²) >= 11 is 0. The molecule has 1 aliphatic heterocycles. The minimum atomic E-state index is -0.0770. The molecule has 0 radical (unpaired) electrons. The van der Waals surface area contributed by atoms with E-state index >= 15 is 0 Å². The molecule has 1 fully saturated rings. The van der Waals surface area contributed by atoms with E-state index in [9.17, 15) is 4.79 Å². The van der Waals surface area contributed by atoms with E-state index in [1.165, 1.54) is 0 Å². The van der Waals surface area contributed by atoms with Gasteiger partial charge in [0.25, 0.3) is 0 Å². The van der Waals surface area contributed by atoms with Crippen molar-refractivity contribution in [3.8, 4) is 5.75 Å². The highest BCUT2D eigenvalue weighted by atomic mass is 16.5. The number of carbonyl (C=O) groups is 1. The second kappa shape index (κ2) is 4.19. The zero-order valence-electron chi connectivity index (χ0n) is 10.7. The molecule has 0 spiro atoms. The second-order valence-electron chi connectivity index (χ2n) is 5.29. The second-order valence-corrected chi connectivity index (χ2v) is 5.29. The first-order valence-corrected chi connectivity index (χ1v) is 6.52. The van der Waals surface area contributed by atoms with E-state index in [1.54, 1.807) is 0 Å². The lowest BCUT2D eigenvalue weighted by Crippen LogP contribution is -2.40. The third-order valence-electron chi connectivity index (χ3n) is 3.32. The van der Waals surface area contributed by atoms with Gasteiger partial charge < -0.3 is 15.4 Å². The summed E-state index contributed by atoms with van der Waals surface area (Å²) in [6.07, 6.45) is 2.38. The Hall–Kier alpha value is -1.71. The van der Waals surface area contributed by atoms with Crippen molar-refractivity contribution in [1.29, 1.82) is 0 Å². The Morgan fingerprint density at radius 2 is 2.11 bits per heavy atom. The van der Waals surface area contributed by atoms with Crippen molar-refractivity contribution < 1.29 is 9.53 Å². The molecule has 0 bridgehead atoms. The van der Waals surface area contributed by atoms with Crippen LogP contribution in [0.1, 0.15) is 26.7 Å². The van der Waals surface area contributed by atoms with Crippen LogP contribution in [0.3, 0.4) is 0 Å². The quantitative estimate of drug-likeness (QED) is 0.862. The number of fused-ring (bicyclic) bond motifs is 1. The first-order valence-electron chi connectivity index (χ1n) is 6.52. The standard InChI is InChI=1S/C14H18N2O2/c1-8(2)18-11-5-3-4-10-13(11)16-14(17)12(15-10)9-6-7-9/h3-5,8-9,12,15H,6-7H2,1-2H3,(H,16,17). The van der Waals surface area contributed by atoms with Gasteiger partial charge in [-0.15, -0.1) is 0 Å². The van der Waals surface area contributed by atoms with Crippen LogP contribution in [-0.4, -0.2) is 18.1 Å². The highest BCUT2D eigenvalue weighted by Crippen LogP contribution is 2.41. The lowest BCUT2D eigenvalue weighted by atomic mass is 10.1. The molecule has 1 aromatic carbocycles. The Kier molecular flexibility index (Phi) is 2.65. The zero-order valence-corrected chi connectivity index (χ0v) is 10.7. The summed E-state index contributed by atoms with van der Waals surface area (Å²) < 4.78 is 5.72. The van der Waals surface area contributed by atoms with Gasteiger partial charge in [0.1, 0.15) is 17.5 Å². The van der Waals surface area contributed by atoms with Crippen LogP contribution in [0, 0.1) is 5.92 Å². The smallest absolute Gasteiger partial charge is 0.247 e. The molecule has 96 valence electrons. The Morgan fingerprint density at radius 3 is 2.78 bits per heavy atom. The molecule has 2 N–H and O–H groups in total. The Labute approximate surface area is 107 Å². The maximum atomic E-state index is 12.0. The largest absolute Gasteiger partial charge is 0.489 e. The van der Waals surface area contributed by atoms with Gasteiger partial charge in [0.2, 0.25) is 5.91 Å². The summed E-state index contributed by atoms with van der Waals surface area (Å²) in [5, 5.41) is 6.31. The summed E-state index contributed by atoms with van der Waals surface area (Å²) in [5.41, 5.74) is 1.73. The highest BCUT2D eigenvalue weighted by Gasteiger charge is 2.39. The Morgan fingerprint density at radius 1 is 1.33 bits per heavy atom. The molecule has 1 aliphatic carbocycles.